The van der Waals surface area contributed by atoms with Crippen molar-refractivity contribution in [1.29, 1.82) is 0 Å². The number of allylic oxidation sites excluding steroid dienone is 3. The van der Waals surface area contributed by atoms with Crippen molar-refractivity contribution in [3.8, 4) is 0 Å². The van der Waals surface area contributed by atoms with E-state index in [-0.39, 0.29) is 0 Å². The Morgan fingerprint density at radius 2 is 1.25 bits per heavy atom. The van der Waals surface area contributed by atoms with E-state index in [0.29, 0.717) is 0 Å². The summed E-state index contributed by atoms with van der Waals surface area (Å²) in [4.78, 5) is 0. The molecular weight excluding hydrogens is 287 g/mol. The van der Waals surface area contributed by atoms with E-state index < -0.39 is 16.1 Å². The highest BCUT2D eigenvalue weighted by Gasteiger charge is 2.40. The molecule has 0 rings (SSSR count). The minimum atomic E-state index is -2.45. The molecule has 0 aliphatic carbocycles. The molecule has 0 N–H and O–H groups in total. The molecule has 0 spiro atoms. The van der Waals surface area contributed by atoms with Crippen molar-refractivity contribution in [2.24, 2.45) is 0 Å². The van der Waals surface area contributed by atoms with Gasteiger partial charge in [-0.15, -0.1) is 0 Å². The Morgan fingerprint density at radius 1 is 0.850 bits per heavy atom. The van der Waals surface area contributed by atoms with Crippen LogP contribution < -0.4 is 0 Å². The van der Waals surface area contributed by atoms with E-state index in [2.05, 4.69) is 19.7 Å². The third-order valence-corrected chi connectivity index (χ3v) is 10.8. The van der Waals surface area contributed by atoms with Crippen LogP contribution in [0, 0.1) is 0 Å². The van der Waals surface area contributed by atoms with Crippen LogP contribution in [0.25, 0.3) is 0 Å². The fraction of sp³-hybridized carbons (Fsp3) is 0.600. The van der Waals surface area contributed by atoms with Crippen molar-refractivity contribution in [3.63, 3.8) is 0 Å². The Kier molecular flexibility index (Phi) is 10.3. The molecule has 0 fully saturated rings. The average molecular weight is 317 g/mol. The molecule has 0 saturated carbocycles. The summed E-state index contributed by atoms with van der Waals surface area (Å²) in [6, 6.07) is 0.851. The van der Waals surface area contributed by atoms with Gasteiger partial charge in [0.25, 0.3) is 0 Å². The molecule has 0 radical (unpaired) electrons. The van der Waals surface area contributed by atoms with Crippen LogP contribution >= 0.6 is 7.26 Å². The van der Waals surface area contributed by atoms with Gasteiger partial charge < -0.3 is 13.3 Å². The second-order valence-corrected chi connectivity index (χ2v) is 12.2. The molecule has 0 saturated heterocycles. The van der Waals surface area contributed by atoms with Crippen molar-refractivity contribution in [1.82, 2.24) is 0 Å². The van der Waals surface area contributed by atoms with Crippen molar-refractivity contribution in [3.05, 3.63) is 38.0 Å². The molecule has 5 heteroatoms. The molecule has 0 unspecified atom stereocenters. The molecular formula is C15H30O3PSi+. The van der Waals surface area contributed by atoms with E-state index in [9.17, 15) is 0 Å². The van der Waals surface area contributed by atoms with Gasteiger partial charge in [-0.25, -0.2) is 0 Å². The van der Waals surface area contributed by atoms with Crippen LogP contribution in [0.5, 0.6) is 0 Å². The fourth-order valence-electron chi connectivity index (χ4n) is 2.51. The van der Waals surface area contributed by atoms with Crippen LogP contribution in [-0.2, 0) is 13.3 Å². The maximum absolute atomic E-state index is 5.48. The van der Waals surface area contributed by atoms with E-state index in [0.717, 1.165) is 31.0 Å². The lowest BCUT2D eigenvalue weighted by molar-refractivity contribution is 0.123. The molecule has 0 amide bonds. The lowest BCUT2D eigenvalue weighted by Crippen LogP contribution is -2.42. The molecule has 0 aromatic heterocycles. The Morgan fingerprint density at radius 3 is 1.55 bits per heavy atom. The van der Waals surface area contributed by atoms with Crippen molar-refractivity contribution < 1.29 is 13.3 Å². The van der Waals surface area contributed by atoms with Crippen LogP contribution in [0.1, 0.15) is 6.42 Å². The molecule has 0 bridgehead atoms. The van der Waals surface area contributed by atoms with Gasteiger partial charge in [-0.2, -0.15) is 0 Å². The predicted molar refractivity (Wildman–Crippen MR) is 93.2 cm³/mol. The van der Waals surface area contributed by atoms with Gasteiger partial charge in [0, 0.05) is 34.6 Å². The number of hydrogen-bond acceptors (Lipinski definition) is 3. The van der Waals surface area contributed by atoms with E-state index in [1.54, 1.807) is 21.3 Å². The lowest BCUT2D eigenvalue weighted by atomic mass is 10.6. The van der Waals surface area contributed by atoms with Gasteiger partial charge in [-0.3, -0.25) is 0 Å². The quantitative estimate of drug-likeness (QED) is 0.293. The first kappa shape index (κ1) is 19.7. The van der Waals surface area contributed by atoms with Crippen molar-refractivity contribution in [2.75, 3.05) is 46.0 Å². The zero-order valence-corrected chi connectivity index (χ0v) is 15.2. The molecule has 116 valence electrons. The highest BCUT2D eigenvalue weighted by Crippen LogP contribution is 2.59. The average Bonchev–Trinajstić information content (AvgIpc) is 2.45. The third-order valence-electron chi connectivity index (χ3n) is 3.60. The highest BCUT2D eigenvalue weighted by molar-refractivity contribution is 7.76. The van der Waals surface area contributed by atoms with E-state index >= 15 is 0 Å². The fourth-order valence-corrected chi connectivity index (χ4v) is 7.99. The Balaban J connectivity index is 4.70. The van der Waals surface area contributed by atoms with Gasteiger partial charge in [0.15, 0.2) is 0 Å². The second-order valence-electron chi connectivity index (χ2n) is 4.88. The predicted octanol–water partition coefficient (Wildman–Crippen LogP) is 3.83. The maximum atomic E-state index is 5.48. The summed E-state index contributed by atoms with van der Waals surface area (Å²) in [6.07, 6.45) is 11.6. The molecule has 20 heavy (non-hydrogen) atoms. The lowest BCUT2D eigenvalue weighted by Gasteiger charge is -2.27. The highest BCUT2D eigenvalue weighted by atomic mass is 31.2. The Labute approximate surface area is 126 Å². The van der Waals surface area contributed by atoms with E-state index in [1.807, 2.05) is 18.2 Å². The zero-order valence-electron chi connectivity index (χ0n) is 13.3. The summed E-state index contributed by atoms with van der Waals surface area (Å²) in [5.74, 6) is 0. The van der Waals surface area contributed by atoms with E-state index in [1.165, 1.54) is 6.16 Å². The maximum Gasteiger partial charge on any atom is 0.500 e. The van der Waals surface area contributed by atoms with Crippen LogP contribution in [0.15, 0.2) is 38.0 Å². The van der Waals surface area contributed by atoms with Crippen LogP contribution in [0.3, 0.4) is 0 Å². The first-order chi connectivity index (χ1) is 9.57. The van der Waals surface area contributed by atoms with Crippen molar-refractivity contribution >= 4 is 16.1 Å². The van der Waals surface area contributed by atoms with Crippen LogP contribution in [0.2, 0.25) is 6.04 Å². The standard InChI is InChI=1S/C15H30O3PSi/c1-7-11-19(12-8-2,13-9-3)14-10-15-20(16-4,17-5)18-6/h7-9H,1-3,10-15H2,4-6H3/q+1. The smallest absolute Gasteiger partial charge is 0.377 e. The van der Waals surface area contributed by atoms with Crippen molar-refractivity contribution in [2.45, 2.75) is 12.5 Å². The first-order valence-corrected chi connectivity index (χ1v) is 11.4. The van der Waals surface area contributed by atoms with Gasteiger partial charge in [0.1, 0.15) is 0 Å². The summed E-state index contributed by atoms with van der Waals surface area (Å²) in [5, 5.41) is 0. The second kappa shape index (κ2) is 10.5. The number of hydrogen-bond donors (Lipinski definition) is 0. The summed E-state index contributed by atoms with van der Waals surface area (Å²) in [5.41, 5.74) is 0. The monoisotopic (exact) mass is 317 g/mol. The first-order valence-electron chi connectivity index (χ1n) is 6.91. The summed E-state index contributed by atoms with van der Waals surface area (Å²) in [7, 11) is 1.44. The summed E-state index contributed by atoms with van der Waals surface area (Å²) >= 11 is 0. The van der Waals surface area contributed by atoms with E-state index in [4.69, 9.17) is 13.3 Å². The molecule has 0 aromatic carbocycles. The topological polar surface area (TPSA) is 27.7 Å². The van der Waals surface area contributed by atoms with Gasteiger partial charge in [0.2, 0.25) is 0 Å². The molecule has 0 aromatic rings. The minimum Gasteiger partial charge on any atom is -0.377 e. The van der Waals surface area contributed by atoms with Gasteiger partial charge >= 0.3 is 8.80 Å². The summed E-state index contributed by atoms with van der Waals surface area (Å²) in [6.45, 7) is 11.7. The molecule has 3 nitrogen and oxygen atoms in total. The Hall–Kier alpha value is -0.253. The van der Waals surface area contributed by atoms with Gasteiger partial charge in [-0.05, 0) is 6.42 Å². The van der Waals surface area contributed by atoms with Gasteiger partial charge in [0.05, 0.1) is 24.6 Å². The molecule has 0 heterocycles. The zero-order chi connectivity index (χ0) is 15.5. The van der Waals surface area contributed by atoms with Crippen LogP contribution in [-0.4, -0.2) is 54.8 Å². The normalized spacial score (nSPS) is 12.2. The summed E-state index contributed by atoms with van der Waals surface area (Å²) < 4.78 is 16.4. The SMILES string of the molecule is C=CC[P+](CC=C)(CC=C)CCC[Si](OC)(OC)OC. The number of rotatable bonds is 13. The molecule has 0 aliphatic rings. The van der Waals surface area contributed by atoms with Gasteiger partial charge in [-0.1, -0.05) is 38.0 Å². The van der Waals surface area contributed by atoms with Crippen LogP contribution in [0.4, 0.5) is 0 Å². The molecule has 0 aliphatic heterocycles. The largest absolute Gasteiger partial charge is 0.500 e. The molecule has 0 atom stereocenters. The Bertz CT molecular complexity index is 269. The third kappa shape index (κ3) is 6.02. The minimum absolute atomic E-state index is 0.851.